The van der Waals surface area contributed by atoms with Gasteiger partial charge in [-0.15, -0.1) is 0 Å². The summed E-state index contributed by atoms with van der Waals surface area (Å²) in [7, 11) is 3.14. The van der Waals surface area contributed by atoms with Gasteiger partial charge in [0.1, 0.15) is 6.10 Å². The van der Waals surface area contributed by atoms with E-state index in [-0.39, 0.29) is 11.9 Å². The zero-order valence-electron chi connectivity index (χ0n) is 6.87. The summed E-state index contributed by atoms with van der Waals surface area (Å²) < 4.78 is 4.96. The van der Waals surface area contributed by atoms with Crippen molar-refractivity contribution in [3.63, 3.8) is 0 Å². The Morgan fingerprint density at radius 1 is 1.55 bits per heavy atom. The van der Waals surface area contributed by atoms with Gasteiger partial charge in [-0.2, -0.15) is 5.06 Å². The van der Waals surface area contributed by atoms with Gasteiger partial charge in [0, 0.05) is 20.1 Å². The van der Waals surface area contributed by atoms with Crippen LogP contribution >= 0.6 is 0 Å². The van der Waals surface area contributed by atoms with Crippen LogP contribution in [-0.2, 0) is 14.4 Å². The molecule has 0 bridgehead atoms. The molecule has 11 heavy (non-hydrogen) atoms. The lowest BCUT2D eigenvalue weighted by Gasteiger charge is -2.28. The summed E-state index contributed by atoms with van der Waals surface area (Å²) in [6.45, 7) is 1.22. The molecule has 1 saturated heterocycles. The van der Waals surface area contributed by atoms with Gasteiger partial charge < -0.3 is 9.57 Å². The van der Waals surface area contributed by atoms with E-state index in [4.69, 9.17) is 9.57 Å². The van der Waals surface area contributed by atoms with Crippen molar-refractivity contribution in [1.29, 1.82) is 0 Å². The first-order valence-corrected chi connectivity index (χ1v) is 3.62. The van der Waals surface area contributed by atoms with Crippen LogP contribution in [0.4, 0.5) is 0 Å². The number of hydrogen-bond acceptors (Lipinski definition) is 4. The molecule has 1 atom stereocenters. The van der Waals surface area contributed by atoms with E-state index >= 15 is 0 Å². The standard InChI is InChI=1S/C7H13NO3/c1-10-7-5-8(11-2)4-3-6(7)9/h7H,3-5H2,1-2H3. The molecule has 1 aliphatic heterocycles. The van der Waals surface area contributed by atoms with Crippen LogP contribution < -0.4 is 0 Å². The smallest absolute Gasteiger partial charge is 0.164 e. The highest BCUT2D eigenvalue weighted by Crippen LogP contribution is 2.08. The maximum atomic E-state index is 11.1. The number of Topliss-reactive ketones (excluding diaryl/α,β-unsaturated/α-hetero) is 1. The van der Waals surface area contributed by atoms with Gasteiger partial charge in [-0.05, 0) is 0 Å². The number of carbonyl (C=O) groups is 1. The summed E-state index contributed by atoms with van der Waals surface area (Å²) in [5.74, 6) is 0.167. The van der Waals surface area contributed by atoms with E-state index in [1.807, 2.05) is 0 Å². The summed E-state index contributed by atoms with van der Waals surface area (Å²) >= 11 is 0. The molecule has 0 N–H and O–H groups in total. The monoisotopic (exact) mass is 159 g/mol. The molecule has 64 valence electrons. The van der Waals surface area contributed by atoms with Crippen molar-refractivity contribution in [2.24, 2.45) is 0 Å². The number of nitrogens with zero attached hydrogens (tertiary/aromatic N) is 1. The van der Waals surface area contributed by atoms with Gasteiger partial charge in [0.25, 0.3) is 0 Å². The number of ketones is 1. The average Bonchev–Trinajstić information content (AvgIpc) is 2.05. The van der Waals surface area contributed by atoms with Crippen molar-refractivity contribution in [2.45, 2.75) is 12.5 Å². The van der Waals surface area contributed by atoms with Crippen LogP contribution in [0.1, 0.15) is 6.42 Å². The van der Waals surface area contributed by atoms with Gasteiger partial charge in [-0.1, -0.05) is 0 Å². The molecule has 0 aliphatic carbocycles. The molecule has 1 unspecified atom stereocenters. The number of methoxy groups -OCH3 is 1. The number of hydrogen-bond donors (Lipinski definition) is 0. The number of piperidine rings is 1. The van der Waals surface area contributed by atoms with Crippen LogP contribution in [0, 0.1) is 0 Å². The minimum atomic E-state index is -0.302. The minimum absolute atomic E-state index is 0.167. The second-order valence-electron chi connectivity index (χ2n) is 2.51. The van der Waals surface area contributed by atoms with Crippen LogP contribution in [0.5, 0.6) is 0 Å². The molecule has 1 rings (SSSR count). The van der Waals surface area contributed by atoms with Gasteiger partial charge in [0.2, 0.25) is 0 Å². The maximum Gasteiger partial charge on any atom is 0.164 e. The molecule has 0 aromatic rings. The molecule has 0 aromatic carbocycles. The molecule has 4 nitrogen and oxygen atoms in total. The lowest BCUT2D eigenvalue weighted by molar-refractivity contribution is -0.175. The molecule has 0 saturated carbocycles. The molecular weight excluding hydrogens is 146 g/mol. The van der Waals surface area contributed by atoms with E-state index < -0.39 is 0 Å². The number of ether oxygens (including phenoxy) is 1. The molecule has 0 amide bonds. The SMILES string of the molecule is COC1CN(OC)CCC1=O. The zero-order valence-corrected chi connectivity index (χ0v) is 6.87. The fourth-order valence-corrected chi connectivity index (χ4v) is 1.15. The quantitative estimate of drug-likeness (QED) is 0.561. The van der Waals surface area contributed by atoms with E-state index in [9.17, 15) is 4.79 Å². The Morgan fingerprint density at radius 3 is 2.82 bits per heavy atom. The third-order valence-electron chi connectivity index (χ3n) is 1.88. The van der Waals surface area contributed by atoms with E-state index in [1.165, 1.54) is 0 Å². The Morgan fingerprint density at radius 2 is 2.27 bits per heavy atom. The summed E-state index contributed by atoms with van der Waals surface area (Å²) in [6, 6.07) is 0. The van der Waals surface area contributed by atoms with Crippen LogP contribution in [0.25, 0.3) is 0 Å². The Bertz CT molecular complexity index is 149. The van der Waals surface area contributed by atoms with Crippen molar-refractivity contribution in [2.75, 3.05) is 27.3 Å². The third kappa shape index (κ3) is 1.99. The van der Waals surface area contributed by atoms with Crippen LogP contribution in [0.2, 0.25) is 0 Å². The Balaban J connectivity index is 2.44. The second-order valence-corrected chi connectivity index (χ2v) is 2.51. The molecule has 1 aliphatic rings. The summed E-state index contributed by atoms with van der Waals surface area (Å²) in [5.41, 5.74) is 0. The normalized spacial score (nSPS) is 27.5. The summed E-state index contributed by atoms with van der Waals surface area (Å²) in [6.07, 6.45) is 0.218. The Kier molecular flexibility index (Phi) is 2.99. The molecule has 1 fully saturated rings. The van der Waals surface area contributed by atoms with Gasteiger partial charge in [-0.25, -0.2) is 0 Å². The van der Waals surface area contributed by atoms with E-state index in [0.717, 1.165) is 0 Å². The lowest BCUT2D eigenvalue weighted by atomic mass is 10.1. The van der Waals surface area contributed by atoms with Crippen molar-refractivity contribution in [3.8, 4) is 0 Å². The third-order valence-corrected chi connectivity index (χ3v) is 1.88. The molecule has 0 radical (unpaired) electrons. The molecule has 0 aromatic heterocycles. The molecular formula is C7H13NO3. The highest BCUT2D eigenvalue weighted by molar-refractivity contribution is 5.84. The molecule has 1 heterocycles. The zero-order chi connectivity index (χ0) is 8.27. The number of carbonyl (C=O) groups excluding carboxylic acids is 1. The fourth-order valence-electron chi connectivity index (χ4n) is 1.15. The van der Waals surface area contributed by atoms with Gasteiger partial charge in [-0.3, -0.25) is 4.79 Å². The highest BCUT2D eigenvalue weighted by atomic mass is 16.7. The largest absolute Gasteiger partial charge is 0.372 e. The average molecular weight is 159 g/mol. The maximum absolute atomic E-state index is 11.1. The van der Waals surface area contributed by atoms with Gasteiger partial charge >= 0.3 is 0 Å². The van der Waals surface area contributed by atoms with Crippen molar-refractivity contribution >= 4 is 5.78 Å². The lowest BCUT2D eigenvalue weighted by Crippen LogP contribution is -2.44. The van der Waals surface area contributed by atoms with E-state index in [0.29, 0.717) is 19.5 Å². The Hall–Kier alpha value is -0.450. The number of rotatable bonds is 2. The van der Waals surface area contributed by atoms with Crippen molar-refractivity contribution in [1.82, 2.24) is 5.06 Å². The van der Waals surface area contributed by atoms with Gasteiger partial charge in [0.15, 0.2) is 5.78 Å². The van der Waals surface area contributed by atoms with Crippen LogP contribution in [-0.4, -0.2) is 44.3 Å². The number of hydroxylamine groups is 2. The predicted octanol–water partition coefficient (Wildman–Crippen LogP) is -0.162. The first kappa shape index (κ1) is 8.64. The van der Waals surface area contributed by atoms with Crippen molar-refractivity contribution in [3.05, 3.63) is 0 Å². The second kappa shape index (κ2) is 3.80. The van der Waals surface area contributed by atoms with Crippen LogP contribution in [0.15, 0.2) is 0 Å². The highest BCUT2D eigenvalue weighted by Gasteiger charge is 2.26. The first-order chi connectivity index (χ1) is 5.27. The van der Waals surface area contributed by atoms with Crippen molar-refractivity contribution < 1.29 is 14.4 Å². The topological polar surface area (TPSA) is 38.8 Å². The first-order valence-electron chi connectivity index (χ1n) is 3.62. The molecule has 4 heteroatoms. The Labute approximate surface area is 66.0 Å². The molecule has 0 spiro atoms. The predicted molar refractivity (Wildman–Crippen MR) is 39.0 cm³/mol. The fraction of sp³-hybridized carbons (Fsp3) is 0.857. The van der Waals surface area contributed by atoms with E-state index in [2.05, 4.69) is 0 Å². The van der Waals surface area contributed by atoms with E-state index in [1.54, 1.807) is 19.3 Å². The summed E-state index contributed by atoms with van der Waals surface area (Å²) in [5, 5.41) is 1.73. The summed E-state index contributed by atoms with van der Waals surface area (Å²) in [4.78, 5) is 16.1. The minimum Gasteiger partial charge on any atom is -0.372 e. The van der Waals surface area contributed by atoms with Gasteiger partial charge in [0.05, 0.1) is 13.7 Å². The van der Waals surface area contributed by atoms with Crippen LogP contribution in [0.3, 0.4) is 0 Å².